The molecule has 0 saturated heterocycles. The Labute approximate surface area is 281 Å². The van der Waals surface area contributed by atoms with E-state index in [4.69, 9.17) is 53.1 Å². The molecule has 0 aromatic heterocycles. The van der Waals surface area contributed by atoms with E-state index in [9.17, 15) is 9.90 Å². The van der Waals surface area contributed by atoms with Gasteiger partial charge in [-0.15, -0.1) is 11.8 Å². The maximum atomic E-state index is 12.5. The molecular weight excluding hydrogens is 663 g/mol. The van der Waals surface area contributed by atoms with E-state index in [2.05, 4.69) is 75.4 Å². The lowest BCUT2D eigenvalue weighted by Gasteiger charge is -2.43. The van der Waals surface area contributed by atoms with Crippen molar-refractivity contribution in [3.8, 4) is 11.5 Å². The van der Waals surface area contributed by atoms with Crippen LogP contribution in [0.1, 0.15) is 92.9 Å². The minimum absolute atomic E-state index is 0.0161. The zero-order valence-electron chi connectivity index (χ0n) is 28.4. The summed E-state index contributed by atoms with van der Waals surface area (Å²) in [5.74, 6) is 0.737. The largest absolute Gasteiger partial charge is 0.546 e. The van der Waals surface area contributed by atoms with Crippen LogP contribution >= 0.6 is 46.6 Å². The Morgan fingerprint density at radius 3 is 1.86 bits per heavy atom. The number of halogens is 3. The summed E-state index contributed by atoms with van der Waals surface area (Å²) in [7, 11) is -3.05. The van der Waals surface area contributed by atoms with Gasteiger partial charge in [-0.05, 0) is 60.1 Å². The summed E-state index contributed by atoms with van der Waals surface area (Å²) < 4.78 is 22.6. The second-order valence-electron chi connectivity index (χ2n) is 13.4. The summed E-state index contributed by atoms with van der Waals surface area (Å²) in [6.45, 7) is 25.9. The van der Waals surface area contributed by atoms with Crippen molar-refractivity contribution in [2.45, 2.75) is 127 Å². The molecule has 0 radical (unpaired) electrons. The number of methoxy groups -OCH3 is 1. The number of hydrogen-bond donors (Lipinski definition) is 1. The van der Waals surface area contributed by atoms with Gasteiger partial charge in [0.05, 0.1) is 19.0 Å². The summed E-state index contributed by atoms with van der Waals surface area (Å²) in [6, 6.07) is 3.61. The van der Waals surface area contributed by atoms with Gasteiger partial charge in [-0.25, -0.2) is 4.79 Å². The highest BCUT2D eigenvalue weighted by atomic mass is 35.6. The minimum atomic E-state index is -2.45. The number of aliphatic hydroxyl groups is 1. The Kier molecular flexibility index (Phi) is 14.9. The van der Waals surface area contributed by atoms with Crippen molar-refractivity contribution < 1.29 is 28.2 Å². The highest BCUT2D eigenvalue weighted by molar-refractivity contribution is 8.02. The van der Waals surface area contributed by atoms with E-state index in [1.807, 2.05) is 19.2 Å². The molecule has 0 aliphatic rings. The molecule has 12 heteroatoms. The standard InChI is InChI=1S/C31H53Cl3O6SSi2/c1-19(2)43(20(3)4,21(5)6)40-26-16-15-25(37-11)23(18-38-29(36)31(32,33)34)28(26)24(35)17-27(41-12)22(7)39-42(13,14)30(8,9)10/h15-16,19-21,24,35H,17-18H2,1-14H3/b27-22-/t24-/m0/s1. The van der Waals surface area contributed by atoms with E-state index >= 15 is 0 Å². The number of alkyl halides is 3. The lowest BCUT2D eigenvalue weighted by atomic mass is 9.98. The minimum Gasteiger partial charge on any atom is -0.546 e. The number of ether oxygens (including phenoxy) is 2. The van der Waals surface area contributed by atoms with E-state index in [-0.39, 0.29) is 34.7 Å². The Bertz CT molecular complexity index is 1110. The van der Waals surface area contributed by atoms with Crippen LogP contribution in [0.5, 0.6) is 11.5 Å². The van der Waals surface area contributed by atoms with E-state index in [1.54, 1.807) is 6.07 Å². The predicted octanol–water partition coefficient (Wildman–Crippen LogP) is 10.7. The fraction of sp³-hybridized carbons (Fsp3) is 0.710. The van der Waals surface area contributed by atoms with Crippen LogP contribution < -0.4 is 9.16 Å². The topological polar surface area (TPSA) is 74.2 Å². The monoisotopic (exact) mass is 714 g/mol. The second kappa shape index (κ2) is 15.8. The van der Waals surface area contributed by atoms with E-state index < -0.39 is 32.5 Å². The fourth-order valence-corrected chi connectivity index (χ4v) is 12.8. The Morgan fingerprint density at radius 1 is 0.977 bits per heavy atom. The van der Waals surface area contributed by atoms with Gasteiger partial charge in [0.15, 0.2) is 0 Å². The van der Waals surface area contributed by atoms with Crippen LogP contribution in [0.2, 0.25) is 34.8 Å². The first-order valence-corrected chi connectivity index (χ1v) is 22.1. The molecule has 0 aliphatic carbocycles. The van der Waals surface area contributed by atoms with Crippen molar-refractivity contribution >= 4 is 69.2 Å². The SMILES string of the molecule is COc1ccc(O[Si](C(C)C)(C(C)C)C(C)C)c([C@@H](O)C/C(SC)=C(\C)O[Si](C)(C)C(C)(C)C)c1COC(=O)C(Cl)(Cl)Cl. The summed E-state index contributed by atoms with van der Waals surface area (Å²) >= 11 is 18.9. The third kappa shape index (κ3) is 9.96. The predicted molar refractivity (Wildman–Crippen MR) is 189 cm³/mol. The number of hydrogen-bond acceptors (Lipinski definition) is 7. The second-order valence-corrected chi connectivity index (χ2v) is 26.7. The molecule has 0 aliphatic heterocycles. The quantitative estimate of drug-likeness (QED) is 0.0889. The smallest absolute Gasteiger partial charge is 0.358 e. The maximum Gasteiger partial charge on any atom is 0.358 e. The number of allylic oxidation sites excluding steroid dienone is 1. The van der Waals surface area contributed by atoms with Gasteiger partial charge in [-0.3, -0.25) is 0 Å². The summed E-state index contributed by atoms with van der Waals surface area (Å²) in [5.41, 5.74) is 1.80. The number of rotatable bonds is 14. The average molecular weight is 716 g/mol. The number of esters is 1. The Morgan fingerprint density at radius 2 is 1.47 bits per heavy atom. The molecule has 0 bridgehead atoms. The highest BCUT2D eigenvalue weighted by Crippen LogP contribution is 2.47. The lowest BCUT2D eigenvalue weighted by Crippen LogP contribution is -2.51. The number of aliphatic hydroxyl groups excluding tert-OH is 1. The van der Waals surface area contributed by atoms with Crippen LogP contribution in [0.25, 0.3) is 0 Å². The highest BCUT2D eigenvalue weighted by Gasteiger charge is 2.48. The molecule has 0 fully saturated rings. The molecule has 0 saturated carbocycles. The maximum absolute atomic E-state index is 12.5. The zero-order chi connectivity index (χ0) is 33.7. The van der Waals surface area contributed by atoms with E-state index in [0.29, 0.717) is 22.6 Å². The summed E-state index contributed by atoms with van der Waals surface area (Å²) in [6.07, 6.45) is 1.20. The molecule has 0 heterocycles. The van der Waals surface area contributed by atoms with Gasteiger partial charge in [0, 0.05) is 22.5 Å². The van der Waals surface area contributed by atoms with Gasteiger partial charge in [-0.1, -0.05) is 97.1 Å². The average Bonchev–Trinajstić information content (AvgIpc) is 2.86. The third-order valence-corrected chi connectivity index (χ3v) is 20.5. The van der Waals surface area contributed by atoms with Gasteiger partial charge in [0.1, 0.15) is 18.1 Å². The number of carbonyl (C=O) groups excluding carboxylic acids is 1. The van der Waals surface area contributed by atoms with E-state index in [0.717, 1.165) is 10.7 Å². The summed E-state index contributed by atoms with van der Waals surface area (Å²) in [5, 5.41) is 12.0. The molecule has 0 amide bonds. The molecule has 1 atom stereocenters. The first-order chi connectivity index (χ1) is 19.5. The number of thioether (sulfide) groups is 1. The van der Waals surface area contributed by atoms with Crippen LogP contribution in [0, 0.1) is 0 Å². The van der Waals surface area contributed by atoms with Gasteiger partial charge in [0.25, 0.3) is 12.1 Å². The van der Waals surface area contributed by atoms with Crippen molar-refractivity contribution in [2.75, 3.05) is 13.4 Å². The Hall–Kier alpha value is -0.556. The summed E-state index contributed by atoms with van der Waals surface area (Å²) in [4.78, 5) is 13.4. The Balaban J connectivity index is 3.90. The van der Waals surface area contributed by atoms with Crippen molar-refractivity contribution in [2.24, 2.45) is 0 Å². The molecule has 0 spiro atoms. The fourth-order valence-electron chi connectivity index (χ4n) is 5.42. The van der Waals surface area contributed by atoms with Crippen molar-refractivity contribution in [1.82, 2.24) is 0 Å². The number of carbonyl (C=O) groups is 1. The molecule has 1 aromatic carbocycles. The number of benzene rings is 1. The van der Waals surface area contributed by atoms with Crippen molar-refractivity contribution in [3.05, 3.63) is 33.9 Å². The van der Waals surface area contributed by atoms with Crippen LogP contribution in [0.4, 0.5) is 0 Å². The van der Waals surface area contributed by atoms with Crippen molar-refractivity contribution in [3.63, 3.8) is 0 Å². The van der Waals surface area contributed by atoms with Crippen LogP contribution in [0.3, 0.4) is 0 Å². The molecule has 6 nitrogen and oxygen atoms in total. The third-order valence-electron chi connectivity index (χ3n) is 8.63. The molecular formula is C31H53Cl3O6SSi2. The molecule has 0 unspecified atom stereocenters. The first-order valence-electron chi connectivity index (χ1n) is 14.7. The van der Waals surface area contributed by atoms with Crippen LogP contribution in [-0.2, 0) is 20.6 Å². The van der Waals surface area contributed by atoms with E-state index in [1.165, 1.54) is 18.9 Å². The zero-order valence-corrected chi connectivity index (χ0v) is 33.5. The molecule has 1 N–H and O–H groups in total. The van der Waals surface area contributed by atoms with Gasteiger partial charge in [0.2, 0.25) is 8.32 Å². The molecule has 1 rings (SSSR count). The normalized spacial score (nSPS) is 14.6. The molecule has 43 heavy (non-hydrogen) atoms. The first kappa shape index (κ1) is 40.5. The van der Waals surface area contributed by atoms with Crippen molar-refractivity contribution in [1.29, 1.82) is 0 Å². The van der Waals surface area contributed by atoms with Crippen LogP contribution in [-0.4, -0.2) is 44.9 Å². The van der Waals surface area contributed by atoms with Gasteiger partial charge < -0.3 is 23.4 Å². The van der Waals surface area contributed by atoms with Gasteiger partial charge in [-0.2, -0.15) is 0 Å². The van der Waals surface area contributed by atoms with Gasteiger partial charge >= 0.3 is 5.97 Å². The van der Waals surface area contributed by atoms with Crippen LogP contribution in [0.15, 0.2) is 22.8 Å². The lowest BCUT2D eigenvalue weighted by molar-refractivity contribution is -0.143. The molecule has 1 aromatic rings. The molecule has 248 valence electrons.